The molecule has 0 saturated heterocycles. The van der Waals surface area contributed by atoms with Crippen LogP contribution in [0.3, 0.4) is 0 Å². The minimum absolute atomic E-state index is 0.134. The molecule has 0 aliphatic rings. The van der Waals surface area contributed by atoms with Crippen molar-refractivity contribution in [1.29, 1.82) is 0 Å². The Kier molecular flexibility index (Phi) is 2.28. The number of hydrogen-bond acceptors (Lipinski definition) is 3. The number of nitrogens with one attached hydrogen (secondary N) is 1. The number of thiophene rings is 1. The van der Waals surface area contributed by atoms with Gasteiger partial charge in [0.15, 0.2) is 0 Å². The maximum Gasteiger partial charge on any atom is 0.251 e. The van der Waals surface area contributed by atoms with Gasteiger partial charge in [-0.15, -0.1) is 11.3 Å². The summed E-state index contributed by atoms with van der Waals surface area (Å²) in [7, 11) is 0. The maximum atomic E-state index is 11.0. The molecule has 2 heterocycles. The van der Waals surface area contributed by atoms with Crippen LogP contribution in [0, 0.1) is 0 Å². The summed E-state index contributed by atoms with van der Waals surface area (Å²) in [5, 5.41) is 1.95. The number of halogens is 1. The smallest absolute Gasteiger partial charge is 0.251 e. The van der Waals surface area contributed by atoms with Crippen molar-refractivity contribution in [2.75, 3.05) is 0 Å². The summed E-state index contributed by atoms with van der Waals surface area (Å²) in [6, 6.07) is 3.42. The zero-order valence-corrected chi connectivity index (χ0v) is 8.85. The van der Waals surface area contributed by atoms with Crippen molar-refractivity contribution in [3.63, 3.8) is 0 Å². The molecule has 0 atom stereocenters. The molecule has 2 aromatic heterocycles. The lowest BCUT2D eigenvalue weighted by Crippen LogP contribution is -2.03. The normalized spacial score (nSPS) is 10.2. The van der Waals surface area contributed by atoms with E-state index in [1.54, 1.807) is 11.3 Å². The molecule has 0 aliphatic heterocycles. The van der Waals surface area contributed by atoms with Gasteiger partial charge < -0.3 is 4.98 Å². The van der Waals surface area contributed by atoms with E-state index < -0.39 is 0 Å². The summed E-state index contributed by atoms with van der Waals surface area (Å²) in [5.41, 5.74) is 0.566. The third kappa shape index (κ3) is 1.71. The summed E-state index contributed by atoms with van der Waals surface area (Å²) in [4.78, 5) is 18.5. The zero-order valence-electron chi connectivity index (χ0n) is 6.45. The molecule has 0 aliphatic carbocycles. The third-order valence-electron chi connectivity index (χ3n) is 1.53. The summed E-state index contributed by atoms with van der Waals surface area (Å²) >= 11 is 4.93. The fourth-order valence-electron chi connectivity index (χ4n) is 0.969. The minimum atomic E-state index is -0.134. The van der Waals surface area contributed by atoms with E-state index in [0.717, 1.165) is 9.35 Å². The quantitative estimate of drug-likeness (QED) is 0.851. The number of H-pyrrole nitrogens is 1. The highest BCUT2D eigenvalue weighted by Crippen LogP contribution is 2.30. The van der Waals surface area contributed by atoms with Gasteiger partial charge in [-0.05, 0) is 27.4 Å². The van der Waals surface area contributed by atoms with Gasteiger partial charge in [0.1, 0.15) is 0 Å². The van der Waals surface area contributed by atoms with Crippen LogP contribution in [0.1, 0.15) is 0 Å². The van der Waals surface area contributed by atoms with Crippen molar-refractivity contribution < 1.29 is 0 Å². The van der Waals surface area contributed by atoms with Crippen LogP contribution in [0.25, 0.3) is 10.6 Å². The lowest BCUT2D eigenvalue weighted by atomic mass is 10.3. The van der Waals surface area contributed by atoms with Crippen molar-refractivity contribution in [3.05, 3.63) is 38.7 Å². The van der Waals surface area contributed by atoms with Gasteiger partial charge in [-0.1, -0.05) is 0 Å². The fourth-order valence-corrected chi connectivity index (χ4v) is 2.51. The highest BCUT2D eigenvalue weighted by molar-refractivity contribution is 9.10. The topological polar surface area (TPSA) is 45.8 Å². The summed E-state index contributed by atoms with van der Waals surface area (Å²) < 4.78 is 0.968. The average Bonchev–Trinajstić information content (AvgIpc) is 2.51. The molecular weight excluding hydrogens is 252 g/mol. The first kappa shape index (κ1) is 8.65. The molecule has 0 bridgehead atoms. The van der Waals surface area contributed by atoms with Crippen LogP contribution >= 0.6 is 27.3 Å². The Morgan fingerprint density at radius 2 is 2.38 bits per heavy atom. The van der Waals surface area contributed by atoms with E-state index in [0.29, 0.717) is 5.69 Å². The van der Waals surface area contributed by atoms with Crippen molar-refractivity contribution in [2.45, 2.75) is 0 Å². The highest BCUT2D eigenvalue weighted by atomic mass is 79.9. The molecule has 0 amide bonds. The van der Waals surface area contributed by atoms with Crippen LogP contribution in [-0.2, 0) is 0 Å². The van der Waals surface area contributed by atoms with Crippen LogP contribution in [-0.4, -0.2) is 9.97 Å². The molecule has 0 saturated carbocycles. The number of rotatable bonds is 1. The van der Waals surface area contributed by atoms with E-state index in [4.69, 9.17) is 0 Å². The van der Waals surface area contributed by atoms with Crippen LogP contribution in [0.15, 0.2) is 33.1 Å². The lowest BCUT2D eigenvalue weighted by Gasteiger charge is -1.94. The standard InChI is InChI=1S/C8H5BrN2OS/c9-5-1-2-13-8(5)6-3-7(12)11-4-10-6/h1-4H,(H,10,11,12). The van der Waals surface area contributed by atoms with E-state index in [1.165, 1.54) is 12.4 Å². The van der Waals surface area contributed by atoms with Crippen LogP contribution in [0.2, 0.25) is 0 Å². The van der Waals surface area contributed by atoms with Gasteiger partial charge in [-0.2, -0.15) is 0 Å². The Labute approximate surface area is 86.6 Å². The monoisotopic (exact) mass is 256 g/mol. The first-order valence-electron chi connectivity index (χ1n) is 3.55. The van der Waals surface area contributed by atoms with Crippen molar-refractivity contribution in [3.8, 4) is 10.6 Å². The first-order valence-corrected chi connectivity index (χ1v) is 5.23. The average molecular weight is 257 g/mol. The van der Waals surface area contributed by atoms with Gasteiger partial charge in [0.25, 0.3) is 5.56 Å². The molecule has 0 aromatic carbocycles. The minimum Gasteiger partial charge on any atom is -0.313 e. The van der Waals surface area contributed by atoms with E-state index in [1.807, 2.05) is 11.4 Å². The molecular formula is C8H5BrN2OS. The molecule has 3 nitrogen and oxygen atoms in total. The molecule has 1 N–H and O–H groups in total. The van der Waals surface area contributed by atoms with Crippen LogP contribution in [0.4, 0.5) is 0 Å². The zero-order chi connectivity index (χ0) is 9.26. The summed E-state index contributed by atoms with van der Waals surface area (Å²) in [6.45, 7) is 0. The van der Waals surface area contributed by atoms with E-state index in [9.17, 15) is 4.79 Å². The molecule has 13 heavy (non-hydrogen) atoms. The van der Waals surface area contributed by atoms with Gasteiger partial charge in [0.05, 0.1) is 16.9 Å². The van der Waals surface area contributed by atoms with E-state index in [-0.39, 0.29) is 5.56 Å². The second-order valence-electron chi connectivity index (χ2n) is 2.39. The Balaban J connectivity index is 2.59. The maximum absolute atomic E-state index is 11.0. The molecule has 2 rings (SSSR count). The fraction of sp³-hybridized carbons (Fsp3) is 0. The highest BCUT2D eigenvalue weighted by Gasteiger charge is 2.05. The van der Waals surface area contributed by atoms with Crippen molar-refractivity contribution >= 4 is 27.3 Å². The number of nitrogens with zero attached hydrogens (tertiary/aromatic N) is 1. The van der Waals surface area contributed by atoms with Crippen molar-refractivity contribution in [1.82, 2.24) is 9.97 Å². The molecule has 2 aromatic rings. The largest absolute Gasteiger partial charge is 0.313 e. The Morgan fingerprint density at radius 3 is 3.00 bits per heavy atom. The van der Waals surface area contributed by atoms with Gasteiger partial charge in [0, 0.05) is 10.5 Å². The second-order valence-corrected chi connectivity index (χ2v) is 4.16. The van der Waals surface area contributed by atoms with Crippen molar-refractivity contribution in [2.24, 2.45) is 0 Å². The van der Waals surface area contributed by atoms with E-state index >= 15 is 0 Å². The number of aromatic amines is 1. The number of aromatic nitrogens is 2. The predicted molar refractivity (Wildman–Crippen MR) is 55.9 cm³/mol. The summed E-state index contributed by atoms with van der Waals surface area (Å²) in [6.07, 6.45) is 1.41. The second kappa shape index (κ2) is 3.43. The molecule has 0 radical (unpaired) electrons. The molecule has 5 heteroatoms. The Bertz CT molecular complexity index is 477. The van der Waals surface area contributed by atoms with Gasteiger partial charge >= 0.3 is 0 Å². The Morgan fingerprint density at radius 1 is 1.54 bits per heavy atom. The molecule has 0 spiro atoms. The van der Waals surface area contributed by atoms with Crippen LogP contribution < -0.4 is 5.56 Å². The third-order valence-corrected chi connectivity index (χ3v) is 3.39. The SMILES string of the molecule is O=c1cc(-c2sccc2Br)nc[nH]1. The predicted octanol–water partition coefficient (Wildman–Crippen LogP) is 2.26. The first-order chi connectivity index (χ1) is 6.27. The molecule has 0 fully saturated rings. The van der Waals surface area contributed by atoms with E-state index in [2.05, 4.69) is 25.9 Å². The van der Waals surface area contributed by atoms with Gasteiger partial charge in [-0.25, -0.2) is 4.98 Å². The summed E-state index contributed by atoms with van der Waals surface area (Å²) in [5.74, 6) is 0. The molecule has 0 unspecified atom stereocenters. The molecule has 66 valence electrons. The lowest BCUT2D eigenvalue weighted by molar-refractivity contribution is 1.13. The number of hydrogen-bond donors (Lipinski definition) is 1. The van der Waals surface area contributed by atoms with Gasteiger partial charge in [0.2, 0.25) is 0 Å². The Hall–Kier alpha value is -0.940. The van der Waals surface area contributed by atoms with Gasteiger partial charge in [-0.3, -0.25) is 4.79 Å². The van der Waals surface area contributed by atoms with Crippen LogP contribution in [0.5, 0.6) is 0 Å².